The number of carbonyl (C=O) groups excluding carboxylic acids is 1. The number of alkyl carbamates (subject to hydrolysis) is 1. The van der Waals surface area contributed by atoms with E-state index in [4.69, 9.17) is 4.74 Å². The number of amides is 1. The third-order valence-electron chi connectivity index (χ3n) is 3.42. The average Bonchev–Trinajstić information content (AvgIpc) is 2.87. The van der Waals surface area contributed by atoms with Gasteiger partial charge in [0.2, 0.25) is 0 Å². The molecule has 1 aliphatic rings. The molecule has 7 heteroatoms. The monoisotopic (exact) mass is 295 g/mol. The van der Waals surface area contributed by atoms with Gasteiger partial charge in [-0.25, -0.2) is 9.78 Å². The van der Waals surface area contributed by atoms with E-state index in [1.807, 2.05) is 20.8 Å². The number of ether oxygens (including phenoxy) is 1. The lowest BCUT2D eigenvalue weighted by molar-refractivity contribution is 0.0488. The molecule has 7 nitrogen and oxygen atoms in total. The van der Waals surface area contributed by atoms with E-state index >= 15 is 0 Å². The molecule has 2 unspecified atom stereocenters. The molecule has 0 bridgehead atoms. The van der Waals surface area contributed by atoms with Gasteiger partial charge in [0.05, 0.1) is 6.54 Å². The Labute approximate surface area is 125 Å². The molecule has 21 heavy (non-hydrogen) atoms. The first-order valence-corrected chi connectivity index (χ1v) is 7.49. The summed E-state index contributed by atoms with van der Waals surface area (Å²) in [5.74, 6) is 0.831. The fourth-order valence-electron chi connectivity index (χ4n) is 2.54. The summed E-state index contributed by atoms with van der Waals surface area (Å²) in [6.07, 6.45) is 5.29. The van der Waals surface area contributed by atoms with Crippen molar-refractivity contribution in [3.05, 3.63) is 12.2 Å². The number of aromatic amines is 1. The third kappa shape index (κ3) is 5.71. The van der Waals surface area contributed by atoms with Crippen molar-refractivity contribution >= 4 is 6.09 Å². The largest absolute Gasteiger partial charge is 0.444 e. The summed E-state index contributed by atoms with van der Waals surface area (Å²) < 4.78 is 5.30. The van der Waals surface area contributed by atoms with Crippen molar-refractivity contribution < 1.29 is 9.53 Å². The van der Waals surface area contributed by atoms with Crippen LogP contribution in [0.2, 0.25) is 0 Å². The number of nitrogens with zero attached hydrogens (tertiary/aromatic N) is 2. The highest BCUT2D eigenvalue weighted by molar-refractivity contribution is 5.68. The Morgan fingerprint density at radius 1 is 1.43 bits per heavy atom. The second-order valence-corrected chi connectivity index (χ2v) is 6.52. The van der Waals surface area contributed by atoms with Crippen LogP contribution in [0.4, 0.5) is 4.79 Å². The van der Waals surface area contributed by atoms with Gasteiger partial charge in [-0.05, 0) is 46.5 Å². The summed E-state index contributed by atoms with van der Waals surface area (Å²) in [4.78, 5) is 15.9. The number of hydrogen-bond acceptors (Lipinski definition) is 5. The van der Waals surface area contributed by atoms with E-state index in [9.17, 15) is 4.79 Å². The molecular formula is C14H25N5O2. The average molecular weight is 295 g/mol. The van der Waals surface area contributed by atoms with Crippen molar-refractivity contribution in [3.63, 3.8) is 0 Å². The minimum absolute atomic E-state index is 0.167. The number of carbonyl (C=O) groups is 1. The lowest BCUT2D eigenvalue weighted by Crippen LogP contribution is -2.45. The van der Waals surface area contributed by atoms with E-state index in [2.05, 4.69) is 25.8 Å². The molecule has 1 aliphatic carbocycles. The standard InChI is InChI=1S/C14H25N5O2/c1-14(2,3)21-13(20)18-11-6-4-5-10(7-11)15-8-12-16-9-17-19-12/h9-11,15H,4-8H2,1-3H3,(H,18,20)(H,16,17,19). The maximum Gasteiger partial charge on any atom is 0.407 e. The zero-order chi connectivity index (χ0) is 15.3. The summed E-state index contributed by atoms with van der Waals surface area (Å²) in [5.41, 5.74) is -0.456. The SMILES string of the molecule is CC(C)(C)OC(=O)NC1CCCC(NCc2ncn[nH]2)C1. The van der Waals surface area contributed by atoms with Crippen LogP contribution >= 0.6 is 0 Å². The van der Waals surface area contributed by atoms with E-state index in [1.54, 1.807) is 0 Å². The molecule has 1 amide bonds. The molecule has 2 atom stereocenters. The molecule has 0 radical (unpaired) electrons. The fourth-order valence-corrected chi connectivity index (χ4v) is 2.54. The number of aromatic nitrogens is 3. The Hall–Kier alpha value is -1.63. The van der Waals surface area contributed by atoms with Crippen molar-refractivity contribution in [1.29, 1.82) is 0 Å². The van der Waals surface area contributed by atoms with Crippen molar-refractivity contribution in [1.82, 2.24) is 25.8 Å². The van der Waals surface area contributed by atoms with Gasteiger partial charge in [-0.3, -0.25) is 5.10 Å². The molecule has 0 saturated heterocycles. The van der Waals surface area contributed by atoms with Crippen LogP contribution in [0.3, 0.4) is 0 Å². The maximum absolute atomic E-state index is 11.8. The van der Waals surface area contributed by atoms with Gasteiger partial charge in [0.25, 0.3) is 0 Å². The summed E-state index contributed by atoms with van der Waals surface area (Å²) in [5, 5.41) is 13.1. The van der Waals surface area contributed by atoms with Crippen LogP contribution < -0.4 is 10.6 Å². The lowest BCUT2D eigenvalue weighted by Gasteiger charge is -2.31. The Balaban J connectivity index is 1.74. The van der Waals surface area contributed by atoms with Crippen LogP contribution in [-0.2, 0) is 11.3 Å². The van der Waals surface area contributed by atoms with Gasteiger partial charge >= 0.3 is 6.09 Å². The first-order chi connectivity index (χ1) is 9.92. The maximum atomic E-state index is 11.8. The Morgan fingerprint density at radius 2 is 2.19 bits per heavy atom. The normalized spacial score (nSPS) is 22.8. The van der Waals surface area contributed by atoms with E-state index < -0.39 is 5.60 Å². The second-order valence-electron chi connectivity index (χ2n) is 6.52. The molecule has 0 aliphatic heterocycles. The topological polar surface area (TPSA) is 91.9 Å². The summed E-state index contributed by atoms with van der Waals surface area (Å²) in [7, 11) is 0. The second kappa shape index (κ2) is 6.89. The molecule has 1 aromatic heterocycles. The highest BCUT2D eigenvalue weighted by Gasteiger charge is 2.25. The van der Waals surface area contributed by atoms with Crippen molar-refractivity contribution in [3.8, 4) is 0 Å². The predicted octanol–water partition coefficient (Wildman–Crippen LogP) is 1.73. The molecule has 1 heterocycles. The van der Waals surface area contributed by atoms with E-state index in [0.717, 1.165) is 31.5 Å². The van der Waals surface area contributed by atoms with Crippen LogP contribution in [0, 0.1) is 0 Å². The highest BCUT2D eigenvalue weighted by atomic mass is 16.6. The van der Waals surface area contributed by atoms with Crippen molar-refractivity contribution in [2.45, 2.75) is 70.7 Å². The smallest absolute Gasteiger partial charge is 0.407 e. The predicted molar refractivity (Wildman–Crippen MR) is 78.6 cm³/mol. The Bertz CT molecular complexity index is 441. The molecule has 118 valence electrons. The molecule has 2 rings (SSSR count). The Morgan fingerprint density at radius 3 is 2.86 bits per heavy atom. The van der Waals surface area contributed by atoms with Gasteiger partial charge in [0, 0.05) is 12.1 Å². The fraction of sp³-hybridized carbons (Fsp3) is 0.786. The number of hydrogen-bond donors (Lipinski definition) is 3. The number of rotatable bonds is 4. The lowest BCUT2D eigenvalue weighted by atomic mass is 9.91. The van der Waals surface area contributed by atoms with Gasteiger partial charge in [-0.1, -0.05) is 0 Å². The summed E-state index contributed by atoms with van der Waals surface area (Å²) >= 11 is 0. The quantitative estimate of drug-likeness (QED) is 0.787. The van der Waals surface area contributed by atoms with Gasteiger partial charge in [-0.15, -0.1) is 0 Å². The molecule has 0 aromatic carbocycles. The number of H-pyrrole nitrogens is 1. The van der Waals surface area contributed by atoms with Gasteiger partial charge in [-0.2, -0.15) is 5.10 Å². The molecular weight excluding hydrogens is 270 g/mol. The van der Waals surface area contributed by atoms with Crippen molar-refractivity contribution in [2.75, 3.05) is 0 Å². The minimum Gasteiger partial charge on any atom is -0.444 e. The zero-order valence-corrected chi connectivity index (χ0v) is 13.0. The highest BCUT2D eigenvalue weighted by Crippen LogP contribution is 2.19. The van der Waals surface area contributed by atoms with Crippen LogP contribution in [0.5, 0.6) is 0 Å². The van der Waals surface area contributed by atoms with Gasteiger partial charge in [0.1, 0.15) is 17.8 Å². The molecule has 1 saturated carbocycles. The van der Waals surface area contributed by atoms with Crippen molar-refractivity contribution in [2.24, 2.45) is 0 Å². The van der Waals surface area contributed by atoms with Crippen LogP contribution in [0.1, 0.15) is 52.3 Å². The van der Waals surface area contributed by atoms with Gasteiger partial charge < -0.3 is 15.4 Å². The zero-order valence-electron chi connectivity index (χ0n) is 13.0. The third-order valence-corrected chi connectivity index (χ3v) is 3.42. The molecule has 0 spiro atoms. The molecule has 1 aromatic rings. The summed E-state index contributed by atoms with van der Waals surface area (Å²) in [6.45, 7) is 6.28. The Kier molecular flexibility index (Phi) is 5.17. The first-order valence-electron chi connectivity index (χ1n) is 7.49. The number of nitrogens with one attached hydrogen (secondary N) is 3. The van der Waals surface area contributed by atoms with E-state index in [0.29, 0.717) is 12.6 Å². The van der Waals surface area contributed by atoms with Crippen LogP contribution in [-0.4, -0.2) is 39.0 Å². The molecule has 1 fully saturated rings. The van der Waals surface area contributed by atoms with Crippen LogP contribution in [0.15, 0.2) is 6.33 Å². The van der Waals surface area contributed by atoms with Gasteiger partial charge in [0.15, 0.2) is 0 Å². The first kappa shape index (κ1) is 15.8. The minimum atomic E-state index is -0.456. The van der Waals surface area contributed by atoms with E-state index in [-0.39, 0.29) is 12.1 Å². The molecule has 3 N–H and O–H groups in total. The van der Waals surface area contributed by atoms with E-state index in [1.165, 1.54) is 6.33 Å². The van der Waals surface area contributed by atoms with Crippen LogP contribution in [0.25, 0.3) is 0 Å². The summed E-state index contributed by atoms with van der Waals surface area (Å²) in [6, 6.07) is 0.546.